The number of allylic oxidation sites excluding steroid dienone is 1. The maximum Gasteiger partial charge on any atom is 0.145 e. The molecule has 3 N–H and O–H groups in total. The van der Waals surface area contributed by atoms with Crippen LogP contribution in [0.4, 0.5) is 17.1 Å². The Morgan fingerprint density at radius 2 is 1.05 bits per heavy atom. The van der Waals surface area contributed by atoms with Gasteiger partial charge in [0.15, 0.2) is 0 Å². The lowest BCUT2D eigenvalue weighted by atomic mass is 9.93. The molecule has 3 aliphatic heterocycles. The van der Waals surface area contributed by atoms with E-state index in [1.54, 1.807) is 0 Å². The summed E-state index contributed by atoms with van der Waals surface area (Å²) >= 11 is 0. The topological polar surface area (TPSA) is 51.7 Å². The Morgan fingerprint density at radius 3 is 1.75 bits per heavy atom. The van der Waals surface area contributed by atoms with Crippen molar-refractivity contribution in [2.24, 2.45) is 4.99 Å². The van der Waals surface area contributed by atoms with E-state index < -0.39 is 0 Å². The smallest absolute Gasteiger partial charge is 0.145 e. The van der Waals surface area contributed by atoms with E-state index in [0.717, 1.165) is 40.3 Å². The van der Waals surface area contributed by atoms with Crippen LogP contribution in [0.25, 0.3) is 44.8 Å². The predicted molar refractivity (Wildman–Crippen MR) is 245 cm³/mol. The van der Waals surface area contributed by atoms with E-state index in [9.17, 15) is 0 Å². The minimum Gasteiger partial charge on any atom is -0.387 e. The number of anilines is 3. The number of nitrogens with zero attached hydrogens (tertiary/aromatic N) is 2. The SMILES string of the molecule is C1=Cc2c(c3c(c4ccccc24)N(c2ccccc2)C(c2ccc(-c4ccc(C5=CC(c6ccc(-c7ccccc7)cc6)=NC(c6ccccc6)N5)cc4)cc2)N3)CN1. The first-order valence-electron chi connectivity index (χ1n) is 20.3. The summed E-state index contributed by atoms with van der Waals surface area (Å²) < 4.78 is 0. The van der Waals surface area contributed by atoms with Crippen molar-refractivity contribution in [2.75, 3.05) is 10.2 Å². The first-order chi connectivity index (χ1) is 29.2. The highest BCUT2D eigenvalue weighted by Gasteiger charge is 2.36. The molecule has 2 atom stereocenters. The van der Waals surface area contributed by atoms with Gasteiger partial charge in [-0.1, -0.05) is 176 Å². The number of benzene rings is 8. The molecule has 5 heteroatoms. The number of aliphatic imine (C=N–C) groups is 1. The van der Waals surface area contributed by atoms with Crippen LogP contribution < -0.4 is 20.9 Å². The monoisotopic (exact) mass is 759 g/mol. The largest absolute Gasteiger partial charge is 0.387 e. The Balaban J connectivity index is 0.898. The molecule has 282 valence electrons. The molecule has 3 heterocycles. The molecule has 0 radical (unpaired) electrons. The molecular weight excluding hydrogens is 719 g/mol. The van der Waals surface area contributed by atoms with Crippen molar-refractivity contribution in [1.29, 1.82) is 0 Å². The van der Waals surface area contributed by atoms with Crippen LogP contribution in [-0.4, -0.2) is 5.71 Å². The van der Waals surface area contributed by atoms with Crippen LogP contribution in [0.2, 0.25) is 0 Å². The molecule has 0 saturated carbocycles. The van der Waals surface area contributed by atoms with Gasteiger partial charge in [-0.25, -0.2) is 0 Å². The number of hydrogen-bond donors (Lipinski definition) is 3. The summed E-state index contributed by atoms with van der Waals surface area (Å²) in [6.45, 7) is 0.783. The van der Waals surface area contributed by atoms with Crippen molar-refractivity contribution in [3.8, 4) is 22.3 Å². The fourth-order valence-corrected chi connectivity index (χ4v) is 8.83. The average Bonchev–Trinajstić information content (AvgIpc) is 3.74. The Morgan fingerprint density at radius 1 is 0.492 bits per heavy atom. The lowest BCUT2D eigenvalue weighted by Crippen LogP contribution is -2.24. The Bertz CT molecular complexity index is 2900. The predicted octanol–water partition coefficient (Wildman–Crippen LogP) is 12.6. The fourth-order valence-electron chi connectivity index (χ4n) is 8.83. The normalized spacial score (nSPS) is 16.6. The van der Waals surface area contributed by atoms with Gasteiger partial charge < -0.3 is 20.9 Å². The van der Waals surface area contributed by atoms with E-state index in [1.807, 2.05) is 6.07 Å². The van der Waals surface area contributed by atoms with E-state index >= 15 is 0 Å². The third-order valence-corrected chi connectivity index (χ3v) is 11.8. The highest BCUT2D eigenvalue weighted by molar-refractivity contribution is 6.13. The third-order valence-electron chi connectivity index (χ3n) is 11.8. The van der Waals surface area contributed by atoms with Crippen molar-refractivity contribution in [2.45, 2.75) is 18.9 Å². The molecule has 11 rings (SSSR count). The first kappa shape index (κ1) is 34.6. The van der Waals surface area contributed by atoms with Crippen molar-refractivity contribution in [3.63, 3.8) is 0 Å². The molecule has 0 fully saturated rings. The Hall–Kier alpha value is -7.63. The van der Waals surface area contributed by atoms with Crippen LogP contribution in [0.15, 0.2) is 205 Å². The molecule has 8 aromatic carbocycles. The molecule has 0 aromatic heterocycles. The van der Waals surface area contributed by atoms with Crippen molar-refractivity contribution in [1.82, 2.24) is 10.6 Å². The van der Waals surface area contributed by atoms with Gasteiger partial charge in [0, 0.05) is 28.9 Å². The van der Waals surface area contributed by atoms with Crippen LogP contribution >= 0.6 is 0 Å². The molecule has 5 nitrogen and oxygen atoms in total. The van der Waals surface area contributed by atoms with E-state index in [2.05, 4.69) is 221 Å². The fraction of sp³-hybridized carbons (Fsp3) is 0.0556. The van der Waals surface area contributed by atoms with Gasteiger partial charge in [-0.3, -0.25) is 4.99 Å². The van der Waals surface area contributed by atoms with Gasteiger partial charge in [-0.05, 0) is 85.9 Å². The summed E-state index contributed by atoms with van der Waals surface area (Å²) in [7, 11) is 0. The minimum atomic E-state index is -0.200. The summed E-state index contributed by atoms with van der Waals surface area (Å²) in [4.78, 5) is 7.67. The molecule has 0 bridgehead atoms. The van der Waals surface area contributed by atoms with Crippen LogP contribution in [0.5, 0.6) is 0 Å². The summed E-state index contributed by atoms with van der Waals surface area (Å²) in [6.07, 6.45) is 6.18. The molecule has 59 heavy (non-hydrogen) atoms. The van der Waals surface area contributed by atoms with Crippen LogP contribution in [0.1, 0.15) is 45.7 Å². The van der Waals surface area contributed by atoms with Crippen LogP contribution in [0.3, 0.4) is 0 Å². The quantitative estimate of drug-likeness (QED) is 0.151. The van der Waals surface area contributed by atoms with Gasteiger partial charge in [0.1, 0.15) is 12.3 Å². The highest BCUT2D eigenvalue weighted by Crippen LogP contribution is 2.53. The van der Waals surface area contributed by atoms with Gasteiger partial charge in [0.2, 0.25) is 0 Å². The third kappa shape index (κ3) is 6.34. The molecule has 0 amide bonds. The highest BCUT2D eigenvalue weighted by atomic mass is 15.3. The first-order valence-corrected chi connectivity index (χ1v) is 20.3. The van der Waals surface area contributed by atoms with Gasteiger partial charge in [-0.2, -0.15) is 0 Å². The summed E-state index contributed by atoms with van der Waals surface area (Å²) in [6, 6.07) is 67.2. The molecule has 3 aliphatic rings. The zero-order valence-corrected chi connectivity index (χ0v) is 32.4. The van der Waals surface area contributed by atoms with E-state index in [4.69, 9.17) is 4.99 Å². The van der Waals surface area contributed by atoms with Crippen molar-refractivity contribution in [3.05, 3.63) is 234 Å². The zero-order valence-electron chi connectivity index (χ0n) is 32.4. The average molecular weight is 760 g/mol. The number of fused-ring (bicyclic) bond motifs is 6. The molecule has 2 unspecified atom stereocenters. The number of para-hydroxylation sites is 1. The standard InChI is InChI=1S/C54H41N5/c1-4-12-36(13-5-1)37-20-26-40(27-21-37)49-34-50(57-53(56-49)42-14-6-2-7-15-42)41-28-22-38(23-29-41)39-24-30-43(31-25-39)54-58-51-48-35-55-33-32-46(48)45-18-10-11-19-47(45)52(51)59(54)44-16-8-3-9-17-44/h1-34,53-55,57-58H,35H2. The molecule has 0 aliphatic carbocycles. The zero-order chi connectivity index (χ0) is 39.1. The van der Waals surface area contributed by atoms with Crippen LogP contribution in [0, 0.1) is 0 Å². The second-order valence-corrected chi connectivity index (χ2v) is 15.3. The van der Waals surface area contributed by atoms with E-state index in [-0.39, 0.29) is 12.3 Å². The van der Waals surface area contributed by atoms with Gasteiger partial charge in [0.05, 0.1) is 17.1 Å². The maximum atomic E-state index is 5.19. The second kappa shape index (κ2) is 14.7. The van der Waals surface area contributed by atoms with E-state index in [0.29, 0.717) is 0 Å². The molecular formula is C54H41N5. The second-order valence-electron chi connectivity index (χ2n) is 15.3. The number of nitrogens with one attached hydrogen (secondary N) is 3. The molecule has 0 saturated heterocycles. The van der Waals surface area contributed by atoms with Gasteiger partial charge >= 0.3 is 0 Å². The number of hydrogen-bond acceptors (Lipinski definition) is 5. The summed E-state index contributed by atoms with van der Waals surface area (Å²) in [5, 5.41) is 13.7. The molecule has 0 spiro atoms. The minimum absolute atomic E-state index is 0.0723. The Labute approximate surface area is 344 Å². The lowest BCUT2D eigenvalue weighted by molar-refractivity contribution is 0.664. The maximum absolute atomic E-state index is 5.19. The van der Waals surface area contributed by atoms with Crippen molar-refractivity contribution >= 4 is 45.3 Å². The van der Waals surface area contributed by atoms with E-state index in [1.165, 1.54) is 61.1 Å². The molecule has 8 aromatic rings. The summed E-state index contributed by atoms with van der Waals surface area (Å²) in [5.41, 5.74) is 17.5. The Kier molecular flexibility index (Phi) is 8.63. The summed E-state index contributed by atoms with van der Waals surface area (Å²) in [5.74, 6) is 0. The number of rotatable bonds is 7. The van der Waals surface area contributed by atoms with Crippen LogP contribution in [-0.2, 0) is 6.54 Å². The van der Waals surface area contributed by atoms with Gasteiger partial charge in [-0.15, -0.1) is 0 Å². The lowest BCUT2D eigenvalue weighted by Gasteiger charge is -2.28. The van der Waals surface area contributed by atoms with Crippen molar-refractivity contribution < 1.29 is 0 Å². The van der Waals surface area contributed by atoms with Gasteiger partial charge in [0.25, 0.3) is 0 Å².